The first-order valence-corrected chi connectivity index (χ1v) is 10.7. The Bertz CT molecular complexity index is 670. The first-order chi connectivity index (χ1) is 14.1. The molecule has 0 radical (unpaired) electrons. The number of hydrogen-bond acceptors (Lipinski definition) is 6. The van der Waals surface area contributed by atoms with Crippen molar-refractivity contribution >= 4 is 23.7 Å². The van der Waals surface area contributed by atoms with E-state index in [2.05, 4.69) is 5.32 Å². The number of nitrogens with zero attached hydrogens (tertiary/aromatic N) is 2. The Morgan fingerprint density at radius 3 is 2.17 bits per heavy atom. The van der Waals surface area contributed by atoms with Crippen LogP contribution >= 0.6 is 0 Å². The van der Waals surface area contributed by atoms with Crippen LogP contribution in [0.25, 0.3) is 0 Å². The summed E-state index contributed by atoms with van der Waals surface area (Å²) in [4.78, 5) is 53.0. The van der Waals surface area contributed by atoms with Crippen LogP contribution in [-0.4, -0.2) is 87.1 Å². The third kappa shape index (κ3) is 5.10. The van der Waals surface area contributed by atoms with Crippen LogP contribution in [-0.2, 0) is 19.2 Å². The molecular formula is C20H34N4O6. The lowest BCUT2D eigenvalue weighted by Gasteiger charge is -2.33. The number of carboxylic acid groups (broad SMARTS) is 1. The maximum absolute atomic E-state index is 13.2. The van der Waals surface area contributed by atoms with Gasteiger partial charge >= 0.3 is 5.97 Å². The molecule has 30 heavy (non-hydrogen) atoms. The molecule has 6 atom stereocenters. The van der Waals surface area contributed by atoms with Gasteiger partial charge in [0.1, 0.15) is 12.1 Å². The predicted molar refractivity (Wildman–Crippen MR) is 108 cm³/mol. The molecule has 6 unspecified atom stereocenters. The molecule has 170 valence electrons. The van der Waals surface area contributed by atoms with E-state index in [0.717, 1.165) is 6.42 Å². The van der Waals surface area contributed by atoms with E-state index in [1.54, 1.807) is 0 Å². The highest BCUT2D eigenvalue weighted by Gasteiger charge is 2.44. The number of carboxylic acids is 1. The Balaban J connectivity index is 2.11. The SMILES string of the molecule is CCC(C)C(N)C(=O)N1CCCC1C(=O)N1CCCC1C(=O)NC(C(=O)O)C(C)O. The molecule has 10 heteroatoms. The van der Waals surface area contributed by atoms with Crippen molar-refractivity contribution in [2.24, 2.45) is 11.7 Å². The largest absolute Gasteiger partial charge is 0.480 e. The minimum Gasteiger partial charge on any atom is -0.480 e. The third-order valence-corrected chi connectivity index (χ3v) is 6.25. The monoisotopic (exact) mass is 426 g/mol. The van der Waals surface area contributed by atoms with Gasteiger partial charge in [0.15, 0.2) is 6.04 Å². The number of amides is 3. The van der Waals surface area contributed by atoms with Gasteiger partial charge in [-0.1, -0.05) is 20.3 Å². The van der Waals surface area contributed by atoms with Crippen molar-refractivity contribution in [1.29, 1.82) is 0 Å². The number of aliphatic hydroxyl groups is 1. The van der Waals surface area contributed by atoms with E-state index >= 15 is 0 Å². The lowest BCUT2D eigenvalue weighted by Crippen LogP contribution is -2.57. The van der Waals surface area contributed by atoms with Crippen molar-refractivity contribution in [3.63, 3.8) is 0 Å². The molecule has 2 aliphatic heterocycles. The van der Waals surface area contributed by atoms with Gasteiger partial charge in [-0.05, 0) is 38.5 Å². The second kappa shape index (κ2) is 10.2. The first kappa shape index (κ1) is 24.1. The van der Waals surface area contributed by atoms with Gasteiger partial charge < -0.3 is 31.1 Å². The van der Waals surface area contributed by atoms with E-state index in [9.17, 15) is 29.4 Å². The maximum atomic E-state index is 13.2. The van der Waals surface area contributed by atoms with Gasteiger partial charge in [-0.2, -0.15) is 0 Å². The van der Waals surface area contributed by atoms with Crippen molar-refractivity contribution in [2.45, 2.75) is 83.1 Å². The van der Waals surface area contributed by atoms with Crippen LogP contribution in [0.15, 0.2) is 0 Å². The maximum Gasteiger partial charge on any atom is 0.328 e. The van der Waals surface area contributed by atoms with Crippen molar-refractivity contribution < 1.29 is 29.4 Å². The zero-order valence-electron chi connectivity index (χ0n) is 17.9. The standard InChI is InChI=1S/C20H34N4O6/c1-4-11(2)15(21)19(28)24-10-6-8-14(24)18(27)23-9-5-7-13(23)17(26)22-16(12(3)25)20(29)30/h11-16,25H,4-10,21H2,1-3H3,(H,22,26)(H,29,30). The van der Waals surface area contributed by atoms with E-state index in [1.807, 2.05) is 13.8 Å². The lowest BCUT2D eigenvalue weighted by atomic mass is 9.98. The Labute approximate surface area is 176 Å². The number of carbonyl (C=O) groups is 4. The summed E-state index contributed by atoms with van der Waals surface area (Å²) in [5.74, 6) is -2.52. The first-order valence-electron chi connectivity index (χ1n) is 10.7. The third-order valence-electron chi connectivity index (χ3n) is 6.25. The Morgan fingerprint density at radius 1 is 1.07 bits per heavy atom. The van der Waals surface area contributed by atoms with Crippen LogP contribution in [0.4, 0.5) is 0 Å². The van der Waals surface area contributed by atoms with E-state index in [4.69, 9.17) is 5.73 Å². The van der Waals surface area contributed by atoms with Gasteiger partial charge in [-0.15, -0.1) is 0 Å². The number of rotatable bonds is 8. The average molecular weight is 427 g/mol. The molecule has 0 aromatic heterocycles. The minimum atomic E-state index is -1.45. The lowest BCUT2D eigenvalue weighted by molar-refractivity contribution is -0.149. The van der Waals surface area contributed by atoms with Crippen LogP contribution < -0.4 is 11.1 Å². The molecule has 0 aromatic carbocycles. The molecule has 2 fully saturated rings. The molecule has 0 bridgehead atoms. The predicted octanol–water partition coefficient (Wildman–Crippen LogP) is -0.708. The fraction of sp³-hybridized carbons (Fsp3) is 0.800. The summed E-state index contributed by atoms with van der Waals surface area (Å²) in [5, 5.41) is 21.1. The van der Waals surface area contributed by atoms with Crippen LogP contribution in [0.2, 0.25) is 0 Å². The molecule has 0 spiro atoms. The van der Waals surface area contributed by atoms with Crippen molar-refractivity contribution in [2.75, 3.05) is 13.1 Å². The van der Waals surface area contributed by atoms with E-state index in [1.165, 1.54) is 16.7 Å². The van der Waals surface area contributed by atoms with Crippen LogP contribution in [0, 0.1) is 5.92 Å². The molecule has 2 heterocycles. The number of aliphatic carboxylic acids is 1. The Morgan fingerprint density at radius 2 is 1.63 bits per heavy atom. The molecule has 2 aliphatic rings. The fourth-order valence-electron chi connectivity index (χ4n) is 4.11. The summed E-state index contributed by atoms with van der Waals surface area (Å²) in [7, 11) is 0. The van der Waals surface area contributed by atoms with E-state index in [0.29, 0.717) is 38.8 Å². The molecule has 2 saturated heterocycles. The van der Waals surface area contributed by atoms with Gasteiger partial charge in [-0.3, -0.25) is 14.4 Å². The van der Waals surface area contributed by atoms with Crippen molar-refractivity contribution in [1.82, 2.24) is 15.1 Å². The van der Waals surface area contributed by atoms with Gasteiger partial charge in [0.25, 0.3) is 0 Å². The Kier molecular flexibility index (Phi) is 8.19. The molecule has 3 amide bonds. The smallest absolute Gasteiger partial charge is 0.328 e. The number of nitrogens with two attached hydrogens (primary N) is 1. The normalized spacial score (nSPS) is 25.5. The van der Waals surface area contributed by atoms with Gasteiger partial charge in [-0.25, -0.2) is 4.79 Å². The van der Waals surface area contributed by atoms with Crippen molar-refractivity contribution in [3.05, 3.63) is 0 Å². The molecule has 10 nitrogen and oxygen atoms in total. The summed E-state index contributed by atoms with van der Waals surface area (Å²) in [6.07, 6.45) is 1.67. The highest BCUT2D eigenvalue weighted by molar-refractivity contribution is 5.95. The summed E-state index contributed by atoms with van der Waals surface area (Å²) >= 11 is 0. The fourth-order valence-corrected chi connectivity index (χ4v) is 4.11. The van der Waals surface area contributed by atoms with Crippen LogP contribution in [0.5, 0.6) is 0 Å². The summed E-state index contributed by atoms with van der Waals surface area (Å²) in [6.45, 7) is 5.94. The number of aliphatic hydroxyl groups excluding tert-OH is 1. The minimum absolute atomic E-state index is 0.00686. The average Bonchev–Trinajstić information content (AvgIpc) is 3.38. The Hall–Kier alpha value is -2.20. The number of nitrogens with one attached hydrogen (secondary N) is 1. The number of likely N-dealkylation sites (tertiary alicyclic amines) is 2. The second-order valence-corrected chi connectivity index (χ2v) is 8.36. The number of hydrogen-bond donors (Lipinski definition) is 4. The van der Waals surface area contributed by atoms with E-state index in [-0.39, 0.29) is 17.7 Å². The topological polar surface area (TPSA) is 153 Å². The second-order valence-electron chi connectivity index (χ2n) is 8.36. The molecule has 5 N–H and O–H groups in total. The molecule has 0 aromatic rings. The molecule has 2 rings (SSSR count). The zero-order chi connectivity index (χ0) is 22.6. The zero-order valence-corrected chi connectivity index (χ0v) is 17.9. The van der Waals surface area contributed by atoms with Gasteiger partial charge in [0.05, 0.1) is 12.1 Å². The summed E-state index contributed by atoms with van der Waals surface area (Å²) in [5.41, 5.74) is 6.09. The van der Waals surface area contributed by atoms with E-state index < -0.39 is 42.1 Å². The van der Waals surface area contributed by atoms with Crippen LogP contribution in [0.3, 0.4) is 0 Å². The van der Waals surface area contributed by atoms with Crippen molar-refractivity contribution in [3.8, 4) is 0 Å². The van der Waals surface area contributed by atoms with Crippen LogP contribution in [0.1, 0.15) is 52.9 Å². The summed E-state index contributed by atoms with van der Waals surface area (Å²) in [6, 6.07) is -3.61. The quantitative estimate of drug-likeness (QED) is 0.400. The summed E-state index contributed by atoms with van der Waals surface area (Å²) < 4.78 is 0. The molecule has 0 aliphatic carbocycles. The van der Waals surface area contributed by atoms with Gasteiger partial charge in [0.2, 0.25) is 17.7 Å². The highest BCUT2D eigenvalue weighted by atomic mass is 16.4. The van der Waals surface area contributed by atoms with Gasteiger partial charge in [0, 0.05) is 13.1 Å². The molecule has 0 saturated carbocycles. The number of carbonyl (C=O) groups excluding carboxylic acids is 3. The highest BCUT2D eigenvalue weighted by Crippen LogP contribution is 2.26. The molecular weight excluding hydrogens is 392 g/mol.